The van der Waals surface area contributed by atoms with E-state index in [1.807, 2.05) is 65.4 Å². The zero-order valence-corrected chi connectivity index (χ0v) is 17.2. The summed E-state index contributed by atoms with van der Waals surface area (Å²) >= 11 is 0. The number of halogens is 1. The standard InChI is InChI=1S/C25H21FN4O2/c26-20-12-10-18(11-13-20)14-24(31)29-27-15-19-16-30(23-9-5-4-8-22(19)23)17-25(32)28-21-6-2-1-3-7-21/h1-13,15-16H,14,17H2,(H,28,32)(H,29,31)/b27-15+. The quantitative estimate of drug-likeness (QED) is 0.343. The molecule has 0 aliphatic rings. The summed E-state index contributed by atoms with van der Waals surface area (Å²) in [6.45, 7) is 0.139. The molecule has 2 N–H and O–H groups in total. The number of rotatable bonds is 7. The van der Waals surface area contributed by atoms with Crippen LogP contribution in [-0.2, 0) is 22.6 Å². The van der Waals surface area contributed by atoms with Gasteiger partial charge in [-0.15, -0.1) is 0 Å². The van der Waals surface area contributed by atoms with Crippen molar-refractivity contribution < 1.29 is 14.0 Å². The molecule has 0 bridgehead atoms. The predicted octanol–water partition coefficient (Wildman–Crippen LogP) is 4.11. The molecule has 0 spiro atoms. The highest BCUT2D eigenvalue weighted by molar-refractivity contribution is 6.00. The Hall–Kier alpha value is -4.26. The third kappa shape index (κ3) is 5.26. The molecule has 4 rings (SSSR count). The highest BCUT2D eigenvalue weighted by Crippen LogP contribution is 2.20. The molecule has 0 fully saturated rings. The van der Waals surface area contributed by atoms with Crippen LogP contribution in [0.15, 0.2) is 90.2 Å². The van der Waals surface area contributed by atoms with Crippen LogP contribution in [0.4, 0.5) is 10.1 Å². The maximum absolute atomic E-state index is 13.0. The molecule has 0 saturated heterocycles. The maximum atomic E-state index is 13.0. The number of aromatic nitrogens is 1. The van der Waals surface area contributed by atoms with Crippen molar-refractivity contribution >= 4 is 34.6 Å². The van der Waals surface area contributed by atoms with Crippen LogP contribution >= 0.6 is 0 Å². The first-order chi connectivity index (χ1) is 15.6. The predicted molar refractivity (Wildman–Crippen MR) is 123 cm³/mol. The number of nitrogens with zero attached hydrogens (tertiary/aromatic N) is 2. The number of benzene rings is 3. The SMILES string of the molecule is O=C(Cc1ccc(F)cc1)N/N=C/c1cn(CC(=O)Nc2ccccc2)c2ccccc12. The van der Waals surface area contributed by atoms with Gasteiger partial charge >= 0.3 is 0 Å². The Labute approximate surface area is 184 Å². The van der Waals surface area contributed by atoms with E-state index in [2.05, 4.69) is 15.8 Å². The maximum Gasteiger partial charge on any atom is 0.244 e. The third-order valence-corrected chi connectivity index (χ3v) is 4.86. The molecule has 0 atom stereocenters. The second-order valence-electron chi connectivity index (χ2n) is 7.24. The first kappa shape index (κ1) is 21.0. The monoisotopic (exact) mass is 428 g/mol. The highest BCUT2D eigenvalue weighted by Gasteiger charge is 2.10. The van der Waals surface area contributed by atoms with Crippen LogP contribution in [0, 0.1) is 5.82 Å². The van der Waals surface area contributed by atoms with Crippen molar-refractivity contribution in [3.05, 3.63) is 102 Å². The van der Waals surface area contributed by atoms with Gasteiger partial charge in [-0.2, -0.15) is 5.10 Å². The lowest BCUT2D eigenvalue weighted by molar-refractivity contribution is -0.120. The van der Waals surface area contributed by atoms with Crippen LogP contribution in [-0.4, -0.2) is 22.6 Å². The van der Waals surface area contributed by atoms with Crippen molar-refractivity contribution in [2.45, 2.75) is 13.0 Å². The van der Waals surface area contributed by atoms with Gasteiger partial charge in [0.1, 0.15) is 12.4 Å². The Bertz CT molecular complexity index is 1260. The second-order valence-corrected chi connectivity index (χ2v) is 7.24. The number of anilines is 1. The zero-order valence-electron chi connectivity index (χ0n) is 17.2. The molecule has 4 aromatic rings. The summed E-state index contributed by atoms with van der Waals surface area (Å²) in [6.07, 6.45) is 3.47. The number of carbonyl (C=O) groups excluding carboxylic acids is 2. The van der Waals surface area contributed by atoms with Gasteiger partial charge in [0.15, 0.2) is 0 Å². The number of fused-ring (bicyclic) bond motifs is 1. The van der Waals surface area contributed by atoms with E-state index >= 15 is 0 Å². The molecule has 0 radical (unpaired) electrons. The van der Waals surface area contributed by atoms with Crippen LogP contribution in [0.5, 0.6) is 0 Å². The summed E-state index contributed by atoms with van der Waals surface area (Å²) in [6, 6.07) is 22.7. The van der Waals surface area contributed by atoms with E-state index < -0.39 is 0 Å². The fraction of sp³-hybridized carbons (Fsp3) is 0.0800. The van der Waals surface area contributed by atoms with E-state index in [0.717, 1.165) is 22.2 Å². The van der Waals surface area contributed by atoms with Crippen molar-refractivity contribution in [1.29, 1.82) is 0 Å². The molecule has 0 saturated carbocycles. The van der Waals surface area contributed by atoms with Crippen molar-refractivity contribution in [2.75, 3.05) is 5.32 Å². The van der Waals surface area contributed by atoms with Gasteiger partial charge in [0, 0.05) is 28.4 Å². The van der Waals surface area contributed by atoms with Gasteiger partial charge in [0.2, 0.25) is 11.8 Å². The smallest absolute Gasteiger partial charge is 0.244 e. The van der Waals surface area contributed by atoms with E-state index in [0.29, 0.717) is 5.56 Å². The number of nitrogens with one attached hydrogen (secondary N) is 2. The van der Waals surface area contributed by atoms with Crippen LogP contribution in [0.3, 0.4) is 0 Å². The number of hydrogen-bond acceptors (Lipinski definition) is 3. The fourth-order valence-electron chi connectivity index (χ4n) is 3.39. The van der Waals surface area contributed by atoms with Crippen molar-refractivity contribution in [2.24, 2.45) is 5.10 Å². The van der Waals surface area contributed by atoms with Gasteiger partial charge in [-0.05, 0) is 35.9 Å². The average Bonchev–Trinajstić information content (AvgIpc) is 3.13. The summed E-state index contributed by atoms with van der Waals surface area (Å²) in [4.78, 5) is 24.6. The molecule has 3 aromatic carbocycles. The minimum atomic E-state index is -0.346. The van der Waals surface area contributed by atoms with Crippen LogP contribution in [0.25, 0.3) is 10.9 Å². The molecule has 0 aliphatic carbocycles. The molecule has 32 heavy (non-hydrogen) atoms. The van der Waals surface area contributed by atoms with E-state index in [-0.39, 0.29) is 30.6 Å². The largest absolute Gasteiger partial charge is 0.337 e. The minimum Gasteiger partial charge on any atom is -0.337 e. The lowest BCUT2D eigenvalue weighted by atomic mass is 10.1. The molecule has 0 aliphatic heterocycles. The Morgan fingerprint density at radius 1 is 0.906 bits per heavy atom. The fourth-order valence-corrected chi connectivity index (χ4v) is 3.39. The lowest BCUT2D eigenvalue weighted by Gasteiger charge is -2.07. The summed E-state index contributed by atoms with van der Waals surface area (Å²) in [7, 11) is 0. The number of para-hydroxylation sites is 2. The van der Waals surface area contributed by atoms with Gasteiger partial charge in [-0.25, -0.2) is 9.82 Å². The van der Waals surface area contributed by atoms with Gasteiger partial charge in [0.05, 0.1) is 12.6 Å². The Morgan fingerprint density at radius 2 is 1.62 bits per heavy atom. The second kappa shape index (κ2) is 9.70. The van der Waals surface area contributed by atoms with E-state index in [9.17, 15) is 14.0 Å². The van der Waals surface area contributed by atoms with Gasteiger partial charge in [-0.1, -0.05) is 48.5 Å². The van der Waals surface area contributed by atoms with Crippen LogP contribution in [0.2, 0.25) is 0 Å². The number of amides is 2. The summed E-state index contributed by atoms with van der Waals surface area (Å²) < 4.78 is 14.8. The zero-order chi connectivity index (χ0) is 22.3. The number of carbonyl (C=O) groups is 2. The van der Waals surface area contributed by atoms with Gasteiger partial charge < -0.3 is 9.88 Å². The first-order valence-electron chi connectivity index (χ1n) is 10.1. The van der Waals surface area contributed by atoms with Crippen molar-refractivity contribution in [3.8, 4) is 0 Å². The highest BCUT2D eigenvalue weighted by atomic mass is 19.1. The van der Waals surface area contributed by atoms with Crippen molar-refractivity contribution in [1.82, 2.24) is 9.99 Å². The Kier molecular flexibility index (Phi) is 6.36. The number of hydrazone groups is 1. The molecular formula is C25H21FN4O2. The summed E-state index contributed by atoms with van der Waals surface area (Å²) in [5, 5.41) is 7.84. The average molecular weight is 428 g/mol. The molecule has 2 amide bonds. The van der Waals surface area contributed by atoms with Crippen LogP contribution < -0.4 is 10.7 Å². The molecule has 6 nitrogen and oxygen atoms in total. The normalized spacial score (nSPS) is 11.0. The summed E-state index contributed by atoms with van der Waals surface area (Å²) in [5.41, 5.74) is 5.58. The Balaban J connectivity index is 1.44. The van der Waals surface area contributed by atoms with Crippen LogP contribution in [0.1, 0.15) is 11.1 Å². The topological polar surface area (TPSA) is 75.5 Å². The first-order valence-corrected chi connectivity index (χ1v) is 10.1. The van der Waals surface area contributed by atoms with Gasteiger partial charge in [-0.3, -0.25) is 9.59 Å². The lowest BCUT2D eigenvalue weighted by Crippen LogP contribution is -2.19. The number of hydrogen-bond donors (Lipinski definition) is 2. The molecular weight excluding hydrogens is 407 g/mol. The van der Waals surface area contributed by atoms with E-state index in [1.54, 1.807) is 18.3 Å². The molecule has 0 unspecified atom stereocenters. The van der Waals surface area contributed by atoms with Gasteiger partial charge in [0.25, 0.3) is 0 Å². The Morgan fingerprint density at radius 3 is 2.41 bits per heavy atom. The van der Waals surface area contributed by atoms with E-state index in [4.69, 9.17) is 0 Å². The molecule has 1 aromatic heterocycles. The molecule has 7 heteroatoms. The minimum absolute atomic E-state index is 0.0963. The molecule has 160 valence electrons. The van der Waals surface area contributed by atoms with Crippen molar-refractivity contribution in [3.63, 3.8) is 0 Å². The third-order valence-electron chi connectivity index (χ3n) is 4.86. The molecule has 1 heterocycles. The summed E-state index contributed by atoms with van der Waals surface area (Å²) in [5.74, 6) is -0.798. The van der Waals surface area contributed by atoms with E-state index in [1.165, 1.54) is 12.1 Å².